The van der Waals surface area contributed by atoms with Crippen LogP contribution in [0.1, 0.15) is 24.0 Å². The monoisotopic (exact) mass is 387 g/mol. The number of amides is 2. The van der Waals surface area contributed by atoms with E-state index in [1.165, 1.54) is 0 Å². The fourth-order valence-corrected chi connectivity index (χ4v) is 2.33. The number of carbonyl (C=O) groups excluding carboxylic acids is 2. The Balaban J connectivity index is 1.72. The van der Waals surface area contributed by atoms with E-state index in [2.05, 4.69) is 31.8 Å². The third-order valence-corrected chi connectivity index (χ3v) is 3.66. The quantitative estimate of drug-likeness (QED) is 0.586. The molecule has 0 saturated carbocycles. The summed E-state index contributed by atoms with van der Waals surface area (Å²) >= 11 is 3.36. The highest BCUT2D eigenvalue weighted by Gasteiger charge is 2.06. The topological polar surface area (TPSA) is 70.6 Å². The average molecular weight is 388 g/mol. The molecule has 2 amide bonds. The van der Waals surface area contributed by atoms with E-state index in [-0.39, 0.29) is 24.7 Å². The molecule has 6 heteroatoms. The molecule has 0 radical (unpaired) electrons. The van der Waals surface area contributed by atoms with Gasteiger partial charge >= 0.3 is 0 Å². The first-order valence-electron chi connectivity index (χ1n) is 7.47. The number of aryl methyl sites for hydroxylation is 1. The molecule has 124 valence electrons. The van der Waals surface area contributed by atoms with Crippen molar-refractivity contribution in [2.24, 2.45) is 5.10 Å². The number of nitrogens with zero attached hydrogens (tertiary/aromatic N) is 1. The molecule has 0 atom stereocenters. The van der Waals surface area contributed by atoms with E-state index in [0.29, 0.717) is 0 Å². The van der Waals surface area contributed by atoms with Crippen molar-refractivity contribution in [3.05, 3.63) is 64.1 Å². The fourth-order valence-electron chi connectivity index (χ4n) is 1.91. The first-order chi connectivity index (χ1) is 11.5. The summed E-state index contributed by atoms with van der Waals surface area (Å²) in [5.74, 6) is -0.509. The van der Waals surface area contributed by atoms with E-state index in [1.54, 1.807) is 6.21 Å². The normalized spacial score (nSPS) is 10.6. The van der Waals surface area contributed by atoms with E-state index < -0.39 is 0 Å². The zero-order valence-electron chi connectivity index (χ0n) is 13.3. The van der Waals surface area contributed by atoms with Gasteiger partial charge in [-0.05, 0) is 36.8 Å². The Bertz CT molecular complexity index is 742. The predicted octanol–water partition coefficient (Wildman–Crippen LogP) is 3.63. The van der Waals surface area contributed by atoms with Crippen molar-refractivity contribution in [3.8, 4) is 0 Å². The second-order valence-corrected chi connectivity index (χ2v) is 6.18. The highest BCUT2D eigenvalue weighted by molar-refractivity contribution is 9.10. The van der Waals surface area contributed by atoms with Crippen LogP contribution in [0.15, 0.2) is 58.1 Å². The van der Waals surface area contributed by atoms with Crippen LogP contribution in [0.25, 0.3) is 0 Å². The average Bonchev–Trinajstić information content (AvgIpc) is 2.55. The van der Waals surface area contributed by atoms with Gasteiger partial charge in [-0.3, -0.25) is 9.59 Å². The van der Waals surface area contributed by atoms with E-state index in [1.807, 2.05) is 55.5 Å². The van der Waals surface area contributed by atoms with Crippen LogP contribution in [-0.4, -0.2) is 18.0 Å². The number of halogens is 1. The largest absolute Gasteiger partial charge is 0.326 e. The molecule has 0 saturated heterocycles. The molecule has 0 aliphatic rings. The van der Waals surface area contributed by atoms with E-state index in [0.717, 1.165) is 21.3 Å². The number of carbonyl (C=O) groups is 2. The maximum atomic E-state index is 11.8. The standard InChI is InChI=1S/C18H18BrN3O2/c1-13-5-7-16(8-6-13)21-17(23)9-10-18(24)22-20-12-14-3-2-4-15(19)11-14/h2-8,11-12H,9-10H2,1H3,(H,21,23)(H,22,24)/b20-12+. The molecule has 5 nitrogen and oxygen atoms in total. The molecule has 24 heavy (non-hydrogen) atoms. The summed E-state index contributed by atoms with van der Waals surface area (Å²) in [6.45, 7) is 1.98. The minimum atomic E-state index is -0.305. The molecule has 0 aliphatic carbocycles. The van der Waals surface area contributed by atoms with Gasteiger partial charge < -0.3 is 5.32 Å². The van der Waals surface area contributed by atoms with Gasteiger partial charge in [0.25, 0.3) is 0 Å². The van der Waals surface area contributed by atoms with Crippen LogP contribution >= 0.6 is 15.9 Å². The molecular formula is C18H18BrN3O2. The van der Waals surface area contributed by atoms with Crippen LogP contribution in [0.5, 0.6) is 0 Å². The number of benzene rings is 2. The van der Waals surface area contributed by atoms with Gasteiger partial charge in [0.2, 0.25) is 11.8 Å². The molecule has 2 N–H and O–H groups in total. The number of nitrogens with one attached hydrogen (secondary N) is 2. The summed E-state index contributed by atoms with van der Waals surface area (Å²) in [7, 11) is 0. The minimum absolute atomic E-state index is 0.0769. The Morgan fingerprint density at radius 1 is 1.08 bits per heavy atom. The first kappa shape index (κ1) is 17.9. The van der Waals surface area contributed by atoms with Crippen LogP contribution in [-0.2, 0) is 9.59 Å². The lowest BCUT2D eigenvalue weighted by Gasteiger charge is -2.05. The van der Waals surface area contributed by atoms with Crippen LogP contribution in [0.4, 0.5) is 5.69 Å². The van der Waals surface area contributed by atoms with Crippen molar-refractivity contribution in [1.29, 1.82) is 0 Å². The van der Waals surface area contributed by atoms with E-state index in [9.17, 15) is 9.59 Å². The second-order valence-electron chi connectivity index (χ2n) is 5.26. The smallest absolute Gasteiger partial charge is 0.240 e. The van der Waals surface area contributed by atoms with Crippen LogP contribution in [0.3, 0.4) is 0 Å². The van der Waals surface area contributed by atoms with Gasteiger partial charge in [-0.2, -0.15) is 5.10 Å². The molecule has 0 heterocycles. The van der Waals surface area contributed by atoms with Crippen molar-refractivity contribution in [2.45, 2.75) is 19.8 Å². The third-order valence-electron chi connectivity index (χ3n) is 3.17. The maximum absolute atomic E-state index is 11.8. The van der Waals surface area contributed by atoms with Gasteiger partial charge in [-0.15, -0.1) is 0 Å². The lowest BCUT2D eigenvalue weighted by Crippen LogP contribution is -2.20. The molecule has 0 fully saturated rings. The summed E-state index contributed by atoms with van der Waals surface area (Å²) in [6.07, 6.45) is 1.73. The molecule has 0 bridgehead atoms. The lowest BCUT2D eigenvalue weighted by atomic mass is 10.2. The Hall–Kier alpha value is -2.47. The number of hydrogen-bond acceptors (Lipinski definition) is 3. The summed E-state index contributed by atoms with van der Waals surface area (Å²) in [5.41, 5.74) is 5.12. The van der Waals surface area contributed by atoms with Gasteiger partial charge in [-0.1, -0.05) is 45.8 Å². The van der Waals surface area contributed by atoms with Gasteiger partial charge in [0.15, 0.2) is 0 Å². The number of rotatable bonds is 6. The predicted molar refractivity (Wildman–Crippen MR) is 98.9 cm³/mol. The lowest BCUT2D eigenvalue weighted by molar-refractivity contribution is -0.124. The van der Waals surface area contributed by atoms with Gasteiger partial charge in [0.1, 0.15) is 0 Å². The highest BCUT2D eigenvalue weighted by atomic mass is 79.9. The molecule has 2 aromatic rings. The molecule has 0 unspecified atom stereocenters. The molecule has 0 aromatic heterocycles. The van der Waals surface area contributed by atoms with Crippen molar-refractivity contribution in [2.75, 3.05) is 5.32 Å². The third kappa shape index (κ3) is 6.34. The zero-order valence-corrected chi connectivity index (χ0v) is 14.8. The Kier molecular flexibility index (Phi) is 6.69. The summed E-state index contributed by atoms with van der Waals surface area (Å²) in [5, 5.41) is 6.63. The van der Waals surface area contributed by atoms with Gasteiger partial charge in [-0.25, -0.2) is 5.43 Å². The maximum Gasteiger partial charge on any atom is 0.240 e. The van der Waals surface area contributed by atoms with Crippen LogP contribution in [0, 0.1) is 6.92 Å². The molecule has 2 aromatic carbocycles. The number of anilines is 1. The first-order valence-corrected chi connectivity index (χ1v) is 8.26. The Labute approximate surface area is 149 Å². The summed E-state index contributed by atoms with van der Waals surface area (Å²) < 4.78 is 0.936. The Morgan fingerprint density at radius 2 is 1.79 bits per heavy atom. The number of hydrogen-bond donors (Lipinski definition) is 2. The van der Waals surface area contributed by atoms with Crippen molar-refractivity contribution in [3.63, 3.8) is 0 Å². The van der Waals surface area contributed by atoms with Crippen molar-refractivity contribution in [1.82, 2.24) is 5.43 Å². The molecule has 0 spiro atoms. The van der Waals surface area contributed by atoms with Crippen LogP contribution < -0.4 is 10.7 Å². The fraction of sp³-hybridized carbons (Fsp3) is 0.167. The molecule has 2 rings (SSSR count). The van der Waals surface area contributed by atoms with E-state index in [4.69, 9.17) is 0 Å². The highest BCUT2D eigenvalue weighted by Crippen LogP contribution is 2.10. The summed E-state index contributed by atoms with van der Waals surface area (Å²) in [6, 6.07) is 15.0. The summed E-state index contributed by atoms with van der Waals surface area (Å²) in [4.78, 5) is 23.5. The van der Waals surface area contributed by atoms with E-state index >= 15 is 0 Å². The molecular weight excluding hydrogens is 370 g/mol. The van der Waals surface area contributed by atoms with Crippen molar-refractivity contribution >= 4 is 39.6 Å². The van der Waals surface area contributed by atoms with Gasteiger partial charge in [0.05, 0.1) is 6.21 Å². The molecule has 0 aliphatic heterocycles. The number of hydrazone groups is 1. The Morgan fingerprint density at radius 3 is 2.50 bits per heavy atom. The second kappa shape index (κ2) is 8.98. The zero-order chi connectivity index (χ0) is 17.4. The van der Waals surface area contributed by atoms with Gasteiger partial charge in [0, 0.05) is 23.0 Å². The van der Waals surface area contributed by atoms with Crippen molar-refractivity contribution < 1.29 is 9.59 Å². The van der Waals surface area contributed by atoms with Crippen LogP contribution in [0.2, 0.25) is 0 Å². The minimum Gasteiger partial charge on any atom is -0.326 e. The SMILES string of the molecule is Cc1ccc(NC(=O)CCC(=O)N/N=C/c2cccc(Br)c2)cc1.